The van der Waals surface area contributed by atoms with Crippen molar-refractivity contribution in [1.82, 2.24) is 115 Å². The number of H-pyrrole nitrogens is 1. The second-order valence-corrected chi connectivity index (χ2v) is 31.7. The van der Waals surface area contributed by atoms with E-state index in [9.17, 15) is 43.2 Å². The van der Waals surface area contributed by atoms with Gasteiger partial charge in [0.1, 0.15) is 78.5 Å². The lowest BCUT2D eigenvalue weighted by molar-refractivity contribution is -0.148. The van der Waals surface area contributed by atoms with Gasteiger partial charge in [0.2, 0.25) is 88.6 Å². The summed E-state index contributed by atoms with van der Waals surface area (Å²) in [5, 5.41) is 102. The number of aromatic amines is 1. The largest absolute Gasteiger partial charge is 0.370 e. The Morgan fingerprint density at radius 3 is 1.05 bits per heavy atom. The van der Waals surface area contributed by atoms with Crippen LogP contribution in [0.1, 0.15) is 147 Å². The zero-order valence-corrected chi connectivity index (χ0v) is 72.3. The topological polar surface area (TPSA) is 873 Å². The molecule has 712 valence electrons. The van der Waals surface area contributed by atoms with Crippen LogP contribution in [-0.2, 0) is 78.3 Å². The number of nitrogens with two attached hydrogens (primary N) is 8. The van der Waals surface area contributed by atoms with E-state index in [2.05, 4.69) is 101 Å². The summed E-state index contributed by atoms with van der Waals surface area (Å²) in [5.41, 5.74) is 46.0. The van der Waals surface area contributed by atoms with Gasteiger partial charge in [0.25, 0.3) is 0 Å². The smallest absolute Gasteiger partial charge is 0.246 e. The summed E-state index contributed by atoms with van der Waals surface area (Å²) < 4.78 is 0. The highest BCUT2D eigenvalue weighted by atomic mass is 16.2. The molecule has 5 heterocycles. The van der Waals surface area contributed by atoms with Crippen LogP contribution >= 0.6 is 0 Å². The molecule has 52 nitrogen and oxygen atoms in total. The van der Waals surface area contributed by atoms with E-state index in [0.717, 1.165) is 0 Å². The molecule has 0 aliphatic carbocycles. The van der Waals surface area contributed by atoms with Gasteiger partial charge in [0.05, 0.1) is 13.0 Å². The fraction of sp³-hybridized carbons (Fsp3) is 0.610. The molecule has 0 bridgehead atoms. The molecular formula is C77H129N37O15. The van der Waals surface area contributed by atoms with Crippen molar-refractivity contribution >= 4 is 141 Å². The molecule has 0 saturated carbocycles. The Bertz CT molecular complexity index is 4360. The van der Waals surface area contributed by atoms with Crippen molar-refractivity contribution in [3.63, 3.8) is 0 Å². The molecule has 4 saturated heterocycles. The number of aromatic nitrogens is 1. The van der Waals surface area contributed by atoms with Crippen molar-refractivity contribution in [2.24, 2.45) is 45.9 Å². The van der Waals surface area contributed by atoms with Crippen molar-refractivity contribution in [3.8, 4) is 0 Å². The molecule has 0 radical (unpaired) electrons. The van der Waals surface area contributed by atoms with Crippen molar-refractivity contribution < 1.29 is 71.9 Å². The number of benzene rings is 1. The van der Waals surface area contributed by atoms with Crippen LogP contribution < -0.4 is 142 Å². The van der Waals surface area contributed by atoms with E-state index in [-0.39, 0.29) is 200 Å². The van der Waals surface area contributed by atoms with Crippen LogP contribution in [0.4, 0.5) is 0 Å². The molecule has 0 unspecified atom stereocenters. The average molecular weight is 1810 g/mol. The highest BCUT2D eigenvalue weighted by Crippen LogP contribution is 2.28. The number of hydrogen-bond donors (Lipinski definition) is 34. The minimum absolute atomic E-state index is 0.00436. The third-order valence-corrected chi connectivity index (χ3v) is 21.7. The first kappa shape index (κ1) is 103. The molecule has 4 fully saturated rings. The summed E-state index contributed by atoms with van der Waals surface area (Å²) in [6, 6.07) is -12.6. The molecule has 4 aliphatic heterocycles. The number of nitrogens with zero attached hydrogens (tertiary/aromatic N) is 3. The molecule has 15 amide bonds. The van der Waals surface area contributed by atoms with Gasteiger partial charge in [-0.3, -0.25) is 110 Å². The van der Waals surface area contributed by atoms with E-state index < -0.39 is 222 Å². The Morgan fingerprint density at radius 2 is 0.659 bits per heavy atom. The van der Waals surface area contributed by atoms with Gasteiger partial charge in [-0.2, -0.15) is 0 Å². The van der Waals surface area contributed by atoms with E-state index >= 15 is 28.8 Å². The maximum Gasteiger partial charge on any atom is 0.246 e. The fourth-order valence-corrected chi connectivity index (χ4v) is 15.3. The normalized spacial score (nSPS) is 23.8. The molecule has 13 atom stereocenters. The molecule has 1 aromatic heterocycles. The van der Waals surface area contributed by atoms with Crippen molar-refractivity contribution in [2.45, 2.75) is 227 Å². The van der Waals surface area contributed by atoms with Gasteiger partial charge >= 0.3 is 0 Å². The van der Waals surface area contributed by atoms with E-state index in [1.165, 1.54) is 21.6 Å². The van der Waals surface area contributed by atoms with Gasteiger partial charge in [-0.15, -0.1) is 0 Å². The third kappa shape index (κ3) is 34.9. The number of primary amides is 1. The van der Waals surface area contributed by atoms with Gasteiger partial charge in [-0.1, -0.05) is 18.2 Å². The second kappa shape index (κ2) is 52.6. The summed E-state index contributed by atoms with van der Waals surface area (Å²) >= 11 is 0. The lowest BCUT2D eigenvalue weighted by Gasteiger charge is -2.34. The van der Waals surface area contributed by atoms with Crippen molar-refractivity contribution in [3.05, 3.63) is 36.0 Å². The van der Waals surface area contributed by atoms with E-state index in [1.54, 1.807) is 30.5 Å². The average Bonchev–Trinajstić information content (AvgIpc) is 1.62. The minimum atomic E-state index is -1.92. The molecule has 1 aromatic carbocycles. The van der Waals surface area contributed by atoms with Crippen LogP contribution in [-0.4, -0.2) is 301 Å². The number of fused-ring (bicyclic) bond motifs is 4. The minimum Gasteiger partial charge on any atom is -0.370 e. The van der Waals surface area contributed by atoms with Crippen LogP contribution in [0.25, 0.3) is 10.9 Å². The monoisotopic (exact) mass is 1810 g/mol. The highest BCUT2D eigenvalue weighted by molar-refractivity contribution is 6.02. The van der Waals surface area contributed by atoms with Crippen LogP contribution in [0.2, 0.25) is 0 Å². The molecule has 0 spiro atoms. The van der Waals surface area contributed by atoms with Crippen molar-refractivity contribution in [1.29, 1.82) is 37.9 Å². The maximum absolute atomic E-state index is 15.4. The number of rotatable bonds is 32. The molecular weight excluding hydrogens is 1680 g/mol. The first-order chi connectivity index (χ1) is 61.3. The number of hydrogen-bond acceptors (Lipinski definition) is 22. The lowest BCUT2D eigenvalue weighted by Crippen LogP contribution is -2.61. The third-order valence-electron chi connectivity index (χ3n) is 21.7. The zero-order chi connectivity index (χ0) is 95.0. The summed E-state index contributed by atoms with van der Waals surface area (Å²) in [6.07, 6.45) is -0.0443. The highest BCUT2D eigenvalue weighted by Gasteiger charge is 2.46. The van der Waals surface area contributed by atoms with Gasteiger partial charge in [-0.05, 0) is 147 Å². The molecule has 52 heteroatoms. The number of guanidine groups is 7. The van der Waals surface area contributed by atoms with Crippen LogP contribution in [0.5, 0.6) is 0 Å². The quantitative estimate of drug-likeness (QED) is 0.0184. The first-order valence-electron chi connectivity index (χ1n) is 42.9. The molecule has 129 heavy (non-hydrogen) atoms. The van der Waals surface area contributed by atoms with Crippen LogP contribution in [0.15, 0.2) is 30.5 Å². The summed E-state index contributed by atoms with van der Waals surface area (Å²) in [4.78, 5) is 228. The van der Waals surface area contributed by atoms with Gasteiger partial charge < -0.3 is 161 Å². The number of carbonyl (C=O) groups is 15. The second-order valence-electron chi connectivity index (χ2n) is 31.7. The van der Waals surface area contributed by atoms with Crippen molar-refractivity contribution in [2.75, 3.05) is 72.0 Å². The van der Waals surface area contributed by atoms with Gasteiger partial charge in [0.15, 0.2) is 41.7 Å². The number of carbonyl (C=O) groups excluding carboxylic acids is 15. The van der Waals surface area contributed by atoms with E-state index in [4.69, 9.17) is 83.7 Å². The lowest BCUT2D eigenvalue weighted by atomic mass is 10.0. The predicted molar refractivity (Wildman–Crippen MR) is 472 cm³/mol. The van der Waals surface area contributed by atoms with Crippen LogP contribution in [0.3, 0.4) is 0 Å². The Hall–Kier alpha value is -14.3. The first-order valence-corrected chi connectivity index (χ1v) is 42.9. The SMILES string of the molecule is C[C@@H]1NC(=O)[C@H](CCCNC(=N)N)NC(=O)[C@H](CCCNC(=N)N)NC(=O)[C@H](CCCNC(=N)N)NC(=O)[C@H](Cc2c[nH]c3ccccc23)NC(=O)[C@H]2CCCN2C(=O)[C@@H]2CCCN2C(=O)[C@H](CCCNC(=N)N)NC(=O)[C@H](CCCNC(=N)N)NC(=O)[C@H](CC(N)=O)NC(=O)[C@H](CCCNC(=N)N)NC(=O)CNC(=O)[C@@H](CCCNC(=N)N)NC(=O)[C@@H]2CCCN2C1=O. The van der Waals surface area contributed by atoms with E-state index in [0.29, 0.717) is 16.5 Å². The van der Waals surface area contributed by atoms with Crippen LogP contribution in [0, 0.1) is 37.9 Å². The Labute approximate surface area is 744 Å². The zero-order valence-electron chi connectivity index (χ0n) is 72.3. The fourth-order valence-electron chi connectivity index (χ4n) is 15.3. The van der Waals surface area contributed by atoms with Gasteiger partial charge in [-0.25, -0.2) is 0 Å². The number of nitrogens with one attached hydrogen (secondary N) is 26. The Morgan fingerprint density at radius 1 is 0.357 bits per heavy atom. The number of amides is 15. The Balaban J connectivity index is 1.46. The Kier molecular flexibility index (Phi) is 42.2. The van der Waals surface area contributed by atoms with E-state index in [1.807, 2.05) is 0 Å². The summed E-state index contributed by atoms with van der Waals surface area (Å²) in [6.45, 7) is 0.174. The number of para-hydroxylation sites is 1. The summed E-state index contributed by atoms with van der Waals surface area (Å²) in [7, 11) is 0. The maximum atomic E-state index is 15.4. The molecule has 42 N–H and O–H groups in total. The molecule has 2 aromatic rings. The molecule has 6 rings (SSSR count). The summed E-state index contributed by atoms with van der Waals surface area (Å²) in [5.74, 6) is -17.3. The van der Waals surface area contributed by atoms with Gasteiger partial charge in [0, 0.05) is 89.0 Å². The molecule has 4 aliphatic rings. The standard InChI is InChI=1S/C77H129N37O15/c1-40-68(127)112-33-11-23-53(112)66(125)108-44(16-4-26-93-71(79)80)58(117)101-39-57(116)103-45(17-5-27-94-72(81)82)60(119)110-52(37-56(78)115)65(124)107-49(21-9-31-98-76(89)90)63(122)109-50(22-10-32-99-77(91)92)69(128)114-35-13-25-55(114)70(129)113-34-12-24-54(113)67(126)111-51(36-41-38-100-43-15-3-2-14-42(41)43)64(123)106-48(20-8-30-97-75(87)88)62(121)105-47(19-7-29-96-74(85)86)61(120)104-46(59(118)102-40)18-6-28-95-73(83)84/h2-3,14-15,38,40,44-55,100H,4-13,16-37,39H2,1H3,(H2,78,115)(H,101,117)(H,102,118)(H,103,116)(H,104,120)(H,105,121)(H,106,123)(H,107,124)(H,108,125)(H,109,122)(H,110,119)(H,111,126)(H4,79,80,93)(H4,81,82,94)(H4,83,84,95)(H4,85,86,96)(H4,87,88,97)(H4,89,90,98)(H4,91,92,99)/t40-,44+,45-,46-,47-,48-,49-,50-,51-,52-,53-,54+,55-/m0/s1. The predicted octanol–water partition coefficient (Wildman–Crippen LogP) is -10.6.